The molecule has 2 unspecified atom stereocenters. The average molecular weight is 310 g/mol. The third-order valence-electron chi connectivity index (χ3n) is 4.61. The van der Waals surface area contributed by atoms with Gasteiger partial charge in [0.2, 0.25) is 0 Å². The molecule has 1 N–H and O–H groups in total. The maximum atomic E-state index is 6.28. The minimum absolute atomic E-state index is 0.469. The lowest BCUT2D eigenvalue weighted by atomic mass is 9.86. The summed E-state index contributed by atoms with van der Waals surface area (Å²) in [4.78, 5) is 0. The Morgan fingerprint density at radius 3 is 2.71 bits per heavy atom. The molecule has 0 radical (unpaired) electrons. The molecule has 1 aromatic carbocycles. The van der Waals surface area contributed by atoms with E-state index in [9.17, 15) is 0 Å². The summed E-state index contributed by atoms with van der Waals surface area (Å²) >= 11 is 6.28. The molecule has 1 aromatic rings. The second-order valence-electron chi connectivity index (χ2n) is 6.52. The van der Waals surface area contributed by atoms with Gasteiger partial charge in [0.25, 0.3) is 0 Å². The van der Waals surface area contributed by atoms with Gasteiger partial charge in [-0.1, -0.05) is 39.3 Å². The molecular formula is C18H28ClNO. The zero-order valence-electron chi connectivity index (χ0n) is 13.7. The Morgan fingerprint density at radius 1 is 1.29 bits per heavy atom. The highest BCUT2D eigenvalue weighted by Gasteiger charge is 2.24. The summed E-state index contributed by atoms with van der Waals surface area (Å²) in [5.41, 5.74) is 2.53. The number of fused-ring (bicyclic) bond motifs is 1. The molecule has 1 aliphatic rings. The second kappa shape index (κ2) is 7.51. The second-order valence-corrected chi connectivity index (χ2v) is 6.96. The summed E-state index contributed by atoms with van der Waals surface area (Å²) in [6.07, 6.45) is 3.13. The minimum atomic E-state index is 0.469. The van der Waals surface area contributed by atoms with Crippen molar-refractivity contribution in [2.45, 2.75) is 53.0 Å². The Hall–Kier alpha value is -0.730. The van der Waals surface area contributed by atoms with Crippen LogP contribution in [0.25, 0.3) is 0 Å². The van der Waals surface area contributed by atoms with Crippen molar-refractivity contribution in [3.05, 3.63) is 28.3 Å². The van der Waals surface area contributed by atoms with Gasteiger partial charge in [-0.3, -0.25) is 0 Å². The summed E-state index contributed by atoms with van der Waals surface area (Å²) in [5, 5.41) is 4.54. The number of hydrogen-bond acceptors (Lipinski definition) is 2. The Labute approximate surface area is 134 Å². The van der Waals surface area contributed by atoms with Crippen LogP contribution in [0.5, 0.6) is 5.75 Å². The highest BCUT2D eigenvalue weighted by atomic mass is 35.5. The molecule has 2 atom stereocenters. The molecule has 1 aliphatic heterocycles. The van der Waals surface area contributed by atoms with Crippen LogP contribution < -0.4 is 10.1 Å². The summed E-state index contributed by atoms with van der Waals surface area (Å²) in [6.45, 7) is 11.0. The summed E-state index contributed by atoms with van der Waals surface area (Å²) in [7, 11) is 0. The van der Waals surface area contributed by atoms with Crippen molar-refractivity contribution in [2.24, 2.45) is 11.8 Å². The van der Waals surface area contributed by atoms with E-state index in [-0.39, 0.29) is 0 Å². The van der Waals surface area contributed by atoms with E-state index < -0.39 is 0 Å². The molecular weight excluding hydrogens is 282 g/mol. The first-order chi connectivity index (χ1) is 10.0. The van der Waals surface area contributed by atoms with Crippen LogP contribution in [0.3, 0.4) is 0 Å². The quantitative estimate of drug-likeness (QED) is 0.802. The molecule has 2 rings (SSSR count). The molecule has 0 spiro atoms. The minimum Gasteiger partial charge on any atom is -0.493 e. The third-order valence-corrected chi connectivity index (χ3v) is 4.83. The van der Waals surface area contributed by atoms with Gasteiger partial charge >= 0.3 is 0 Å². The predicted octanol–water partition coefficient (Wildman–Crippen LogP) is 4.48. The smallest absolute Gasteiger partial charge is 0.125 e. The molecule has 0 bridgehead atoms. The summed E-state index contributed by atoms with van der Waals surface area (Å²) in [5.74, 6) is 2.36. The zero-order valence-corrected chi connectivity index (χ0v) is 14.5. The molecule has 0 aliphatic carbocycles. The number of nitrogens with one attached hydrogen (secondary N) is 1. The Balaban J connectivity index is 2.20. The molecule has 0 fully saturated rings. The van der Waals surface area contributed by atoms with Crippen molar-refractivity contribution in [1.29, 1.82) is 0 Å². The van der Waals surface area contributed by atoms with Crippen LogP contribution in [0.4, 0.5) is 0 Å². The van der Waals surface area contributed by atoms with Crippen LogP contribution in [0.15, 0.2) is 12.1 Å². The average Bonchev–Trinajstić information content (AvgIpc) is 2.90. The standard InChI is InChI=1S/C18H28ClNO/c1-5-7-20-17(13(4)12(2)3)11-15-10-16(19)9-14-6-8-21-18(14)15/h9-10,12-13,17,20H,5-8,11H2,1-4H3. The lowest BCUT2D eigenvalue weighted by Gasteiger charge is -2.29. The van der Waals surface area contributed by atoms with Gasteiger partial charge in [0.15, 0.2) is 0 Å². The van der Waals surface area contributed by atoms with Gasteiger partial charge in [-0.2, -0.15) is 0 Å². The van der Waals surface area contributed by atoms with Gasteiger partial charge in [-0.05, 0) is 54.5 Å². The first-order valence-corrected chi connectivity index (χ1v) is 8.58. The molecule has 0 amide bonds. The normalized spacial score (nSPS) is 16.7. The van der Waals surface area contributed by atoms with E-state index in [1.165, 1.54) is 11.1 Å². The zero-order chi connectivity index (χ0) is 15.4. The van der Waals surface area contributed by atoms with E-state index in [1.807, 2.05) is 6.07 Å². The van der Waals surface area contributed by atoms with Gasteiger partial charge in [0.1, 0.15) is 5.75 Å². The third kappa shape index (κ3) is 4.14. The topological polar surface area (TPSA) is 21.3 Å². The number of rotatable bonds is 7. The summed E-state index contributed by atoms with van der Waals surface area (Å²) in [6, 6.07) is 4.60. The molecule has 2 nitrogen and oxygen atoms in total. The van der Waals surface area contributed by atoms with Gasteiger partial charge in [0.05, 0.1) is 6.61 Å². The molecule has 118 valence electrons. The highest BCUT2D eigenvalue weighted by molar-refractivity contribution is 6.30. The van der Waals surface area contributed by atoms with Crippen molar-refractivity contribution in [2.75, 3.05) is 13.2 Å². The van der Waals surface area contributed by atoms with Gasteiger partial charge in [-0.15, -0.1) is 0 Å². The van der Waals surface area contributed by atoms with Crippen LogP contribution in [0.1, 0.15) is 45.2 Å². The van der Waals surface area contributed by atoms with E-state index in [2.05, 4.69) is 39.1 Å². The van der Waals surface area contributed by atoms with Crippen LogP contribution in [0, 0.1) is 11.8 Å². The predicted molar refractivity (Wildman–Crippen MR) is 90.4 cm³/mol. The maximum absolute atomic E-state index is 6.28. The number of benzene rings is 1. The molecule has 3 heteroatoms. The lowest BCUT2D eigenvalue weighted by molar-refractivity contribution is 0.292. The van der Waals surface area contributed by atoms with E-state index in [1.54, 1.807) is 0 Å². The monoisotopic (exact) mass is 309 g/mol. The first-order valence-electron chi connectivity index (χ1n) is 8.20. The number of halogens is 1. The first kappa shape index (κ1) is 16.6. The lowest BCUT2D eigenvalue weighted by Crippen LogP contribution is -2.39. The van der Waals surface area contributed by atoms with Crippen molar-refractivity contribution in [1.82, 2.24) is 5.32 Å². The van der Waals surface area contributed by atoms with Gasteiger partial charge in [-0.25, -0.2) is 0 Å². The summed E-state index contributed by atoms with van der Waals surface area (Å²) < 4.78 is 5.84. The largest absolute Gasteiger partial charge is 0.493 e. The van der Waals surface area contributed by atoms with Crippen LogP contribution >= 0.6 is 11.6 Å². The fraction of sp³-hybridized carbons (Fsp3) is 0.667. The van der Waals surface area contributed by atoms with Crippen LogP contribution in [-0.4, -0.2) is 19.2 Å². The Bertz CT molecular complexity index is 473. The molecule has 0 saturated heterocycles. The van der Waals surface area contributed by atoms with Crippen LogP contribution in [0.2, 0.25) is 5.02 Å². The van der Waals surface area contributed by atoms with Crippen molar-refractivity contribution in [3.63, 3.8) is 0 Å². The van der Waals surface area contributed by atoms with Crippen LogP contribution in [-0.2, 0) is 12.8 Å². The number of ether oxygens (including phenoxy) is 1. The Morgan fingerprint density at radius 2 is 2.05 bits per heavy atom. The van der Waals surface area contributed by atoms with Crippen molar-refractivity contribution in [3.8, 4) is 5.75 Å². The van der Waals surface area contributed by atoms with E-state index in [4.69, 9.17) is 16.3 Å². The van der Waals surface area contributed by atoms with E-state index in [0.717, 1.165) is 43.2 Å². The molecule has 1 heterocycles. The highest BCUT2D eigenvalue weighted by Crippen LogP contribution is 2.34. The molecule has 21 heavy (non-hydrogen) atoms. The fourth-order valence-electron chi connectivity index (χ4n) is 2.97. The maximum Gasteiger partial charge on any atom is 0.125 e. The number of hydrogen-bond donors (Lipinski definition) is 1. The Kier molecular flexibility index (Phi) is 5.95. The van der Waals surface area contributed by atoms with Crippen molar-refractivity contribution >= 4 is 11.6 Å². The fourth-order valence-corrected chi connectivity index (χ4v) is 3.24. The molecule has 0 saturated carbocycles. The van der Waals surface area contributed by atoms with Crippen molar-refractivity contribution < 1.29 is 4.74 Å². The van der Waals surface area contributed by atoms with E-state index in [0.29, 0.717) is 17.9 Å². The van der Waals surface area contributed by atoms with Gasteiger partial charge in [0, 0.05) is 17.5 Å². The SMILES string of the molecule is CCCNC(Cc1cc(Cl)cc2c1OCC2)C(C)C(C)C. The van der Waals surface area contributed by atoms with E-state index >= 15 is 0 Å². The van der Waals surface area contributed by atoms with Gasteiger partial charge < -0.3 is 10.1 Å². The molecule has 0 aromatic heterocycles.